The first-order chi connectivity index (χ1) is 11.1. The second-order valence-corrected chi connectivity index (χ2v) is 4.91. The van der Waals surface area contributed by atoms with Crippen LogP contribution in [-0.2, 0) is 9.53 Å². The fourth-order valence-corrected chi connectivity index (χ4v) is 2.24. The van der Waals surface area contributed by atoms with E-state index in [1.165, 1.54) is 0 Å². The molecule has 0 radical (unpaired) electrons. The minimum Gasteiger partial charge on any atom is -0.480 e. The molecule has 0 saturated heterocycles. The molecule has 0 aliphatic heterocycles. The molecule has 0 fully saturated rings. The lowest BCUT2D eigenvalue weighted by molar-refractivity contribution is -0.154. The highest BCUT2D eigenvalue weighted by atomic mass is 19.3. The molecule has 0 aliphatic rings. The summed E-state index contributed by atoms with van der Waals surface area (Å²) in [5.41, 5.74) is 1.67. The first kappa shape index (κ1) is 17.1. The van der Waals surface area contributed by atoms with E-state index in [0.717, 1.165) is 11.1 Å². The summed E-state index contributed by atoms with van der Waals surface area (Å²) < 4.78 is 28.6. The highest BCUT2D eigenvalue weighted by Crippen LogP contribution is 2.22. The Morgan fingerprint density at radius 3 is 1.87 bits per heavy atom. The van der Waals surface area contributed by atoms with Gasteiger partial charge >= 0.3 is 12.6 Å². The fraction of sp³-hybridized carbons (Fsp3) is 0.235. The van der Waals surface area contributed by atoms with Gasteiger partial charge in [0.25, 0.3) is 0 Å². The third kappa shape index (κ3) is 5.12. The van der Waals surface area contributed by atoms with E-state index in [-0.39, 0.29) is 0 Å². The second-order valence-electron chi connectivity index (χ2n) is 4.91. The molecule has 6 heteroatoms. The molecule has 0 aromatic heterocycles. The SMILES string of the molecule is O=C(O)C(COC(F)F)NC(c1ccccc1)c1ccccc1. The van der Waals surface area contributed by atoms with Crippen LogP contribution in [0.2, 0.25) is 0 Å². The number of hydrogen-bond donors (Lipinski definition) is 2. The van der Waals surface area contributed by atoms with Crippen molar-refractivity contribution in [3.63, 3.8) is 0 Å². The number of halogens is 2. The Bertz CT molecular complexity index is 568. The Balaban J connectivity index is 2.25. The van der Waals surface area contributed by atoms with Crippen molar-refractivity contribution in [2.24, 2.45) is 0 Å². The standard InChI is InChI=1S/C17H17F2NO3/c18-17(19)23-11-14(16(21)22)20-15(12-7-3-1-4-8-12)13-9-5-2-6-10-13/h1-10,14-15,17,20H,11H2,(H,21,22). The van der Waals surface area contributed by atoms with E-state index in [2.05, 4.69) is 10.1 Å². The topological polar surface area (TPSA) is 58.6 Å². The van der Waals surface area contributed by atoms with Crippen LogP contribution in [0.1, 0.15) is 17.2 Å². The number of hydrogen-bond acceptors (Lipinski definition) is 3. The van der Waals surface area contributed by atoms with Crippen LogP contribution >= 0.6 is 0 Å². The maximum absolute atomic E-state index is 12.2. The summed E-state index contributed by atoms with van der Waals surface area (Å²) in [6, 6.07) is 16.7. The minimum absolute atomic E-state index is 0.445. The number of carbonyl (C=O) groups is 1. The van der Waals surface area contributed by atoms with E-state index < -0.39 is 31.3 Å². The largest absolute Gasteiger partial charge is 0.480 e. The van der Waals surface area contributed by atoms with E-state index >= 15 is 0 Å². The van der Waals surface area contributed by atoms with Gasteiger partial charge in [-0.3, -0.25) is 10.1 Å². The molecule has 0 bridgehead atoms. The van der Waals surface area contributed by atoms with Gasteiger partial charge in [0.15, 0.2) is 0 Å². The Labute approximate surface area is 132 Å². The van der Waals surface area contributed by atoms with E-state index in [4.69, 9.17) is 0 Å². The molecule has 0 amide bonds. The molecule has 2 rings (SSSR count). The Morgan fingerprint density at radius 2 is 1.48 bits per heavy atom. The van der Waals surface area contributed by atoms with Crippen LogP contribution in [0.3, 0.4) is 0 Å². The number of ether oxygens (including phenoxy) is 1. The molecule has 0 heterocycles. The molecule has 23 heavy (non-hydrogen) atoms. The van der Waals surface area contributed by atoms with Crippen LogP contribution in [-0.4, -0.2) is 30.3 Å². The summed E-state index contributed by atoms with van der Waals surface area (Å²) >= 11 is 0. The van der Waals surface area contributed by atoms with Crippen molar-refractivity contribution in [1.82, 2.24) is 5.32 Å². The van der Waals surface area contributed by atoms with E-state index in [9.17, 15) is 18.7 Å². The van der Waals surface area contributed by atoms with Crippen molar-refractivity contribution < 1.29 is 23.4 Å². The number of benzene rings is 2. The molecular weight excluding hydrogens is 304 g/mol. The Kier molecular flexibility index (Phi) is 6.19. The monoisotopic (exact) mass is 321 g/mol. The minimum atomic E-state index is -3.01. The quantitative estimate of drug-likeness (QED) is 0.784. The van der Waals surface area contributed by atoms with Gasteiger partial charge in [-0.05, 0) is 11.1 Å². The molecule has 0 saturated carbocycles. The zero-order chi connectivity index (χ0) is 16.7. The third-order valence-electron chi connectivity index (χ3n) is 3.32. The lowest BCUT2D eigenvalue weighted by atomic mass is 9.98. The van der Waals surface area contributed by atoms with Gasteiger partial charge in [0, 0.05) is 0 Å². The molecule has 122 valence electrons. The van der Waals surface area contributed by atoms with Crippen LogP contribution in [0.4, 0.5) is 8.78 Å². The summed E-state index contributed by atoms with van der Waals surface area (Å²) in [5.74, 6) is -1.25. The number of aliphatic carboxylic acids is 1. The van der Waals surface area contributed by atoms with E-state index in [1.54, 1.807) is 0 Å². The molecule has 4 nitrogen and oxygen atoms in total. The lowest BCUT2D eigenvalue weighted by Gasteiger charge is -2.24. The third-order valence-corrected chi connectivity index (χ3v) is 3.32. The number of carboxylic acids is 1. The molecule has 1 unspecified atom stereocenters. The molecular formula is C17H17F2NO3. The van der Waals surface area contributed by atoms with Gasteiger partial charge in [0.05, 0.1) is 12.6 Å². The summed E-state index contributed by atoms with van der Waals surface area (Å²) in [6.07, 6.45) is 0. The Hall–Kier alpha value is -2.31. The highest BCUT2D eigenvalue weighted by molar-refractivity contribution is 5.73. The summed E-state index contributed by atoms with van der Waals surface area (Å²) in [6.45, 7) is -3.63. The van der Waals surface area contributed by atoms with Crippen LogP contribution < -0.4 is 5.32 Å². The first-order valence-corrected chi connectivity index (χ1v) is 7.06. The van der Waals surface area contributed by atoms with Gasteiger partial charge in [-0.1, -0.05) is 60.7 Å². The number of nitrogens with one attached hydrogen (secondary N) is 1. The van der Waals surface area contributed by atoms with Gasteiger partial charge in [0.2, 0.25) is 0 Å². The van der Waals surface area contributed by atoms with Crippen molar-refractivity contribution in [1.29, 1.82) is 0 Å². The second kappa shape index (κ2) is 8.36. The van der Waals surface area contributed by atoms with Crippen LogP contribution in [0.15, 0.2) is 60.7 Å². The van der Waals surface area contributed by atoms with Crippen molar-refractivity contribution in [3.05, 3.63) is 71.8 Å². The lowest BCUT2D eigenvalue weighted by Crippen LogP contribution is -2.43. The average Bonchev–Trinajstić information content (AvgIpc) is 2.56. The number of carboxylic acid groups (broad SMARTS) is 1. The van der Waals surface area contributed by atoms with Crippen molar-refractivity contribution in [2.45, 2.75) is 18.7 Å². The van der Waals surface area contributed by atoms with E-state index in [1.807, 2.05) is 60.7 Å². The van der Waals surface area contributed by atoms with Gasteiger partial charge < -0.3 is 9.84 Å². The molecule has 0 spiro atoms. The smallest absolute Gasteiger partial charge is 0.345 e. The van der Waals surface area contributed by atoms with Gasteiger partial charge in [0.1, 0.15) is 6.04 Å². The van der Waals surface area contributed by atoms with Gasteiger partial charge in [-0.25, -0.2) is 0 Å². The van der Waals surface area contributed by atoms with Crippen molar-refractivity contribution in [3.8, 4) is 0 Å². The van der Waals surface area contributed by atoms with E-state index in [0.29, 0.717) is 0 Å². The fourth-order valence-electron chi connectivity index (χ4n) is 2.24. The van der Waals surface area contributed by atoms with Gasteiger partial charge in [-0.15, -0.1) is 0 Å². The molecule has 2 aromatic rings. The zero-order valence-corrected chi connectivity index (χ0v) is 12.2. The predicted molar refractivity (Wildman–Crippen MR) is 81.2 cm³/mol. The molecule has 0 aliphatic carbocycles. The number of alkyl halides is 2. The van der Waals surface area contributed by atoms with Crippen LogP contribution in [0, 0.1) is 0 Å². The molecule has 2 N–H and O–H groups in total. The van der Waals surface area contributed by atoms with Gasteiger partial charge in [-0.2, -0.15) is 8.78 Å². The molecule has 1 atom stereocenters. The normalized spacial score (nSPS) is 12.5. The first-order valence-electron chi connectivity index (χ1n) is 7.06. The van der Waals surface area contributed by atoms with Crippen LogP contribution in [0.25, 0.3) is 0 Å². The summed E-state index contributed by atoms with van der Waals surface area (Å²) in [7, 11) is 0. The predicted octanol–water partition coefficient (Wildman–Crippen LogP) is 3.06. The van der Waals surface area contributed by atoms with Crippen molar-refractivity contribution >= 4 is 5.97 Å². The number of rotatable bonds is 8. The van der Waals surface area contributed by atoms with Crippen LogP contribution in [0.5, 0.6) is 0 Å². The Morgan fingerprint density at radius 1 is 1.00 bits per heavy atom. The zero-order valence-electron chi connectivity index (χ0n) is 12.2. The molecule has 2 aromatic carbocycles. The summed E-state index contributed by atoms with van der Waals surface area (Å²) in [5, 5.41) is 12.1. The average molecular weight is 321 g/mol. The summed E-state index contributed by atoms with van der Waals surface area (Å²) in [4.78, 5) is 11.3. The van der Waals surface area contributed by atoms with Crippen molar-refractivity contribution in [2.75, 3.05) is 6.61 Å². The maximum atomic E-state index is 12.2. The maximum Gasteiger partial charge on any atom is 0.345 e. The highest BCUT2D eigenvalue weighted by Gasteiger charge is 2.25.